The van der Waals surface area contributed by atoms with Gasteiger partial charge in [-0.3, -0.25) is 19.3 Å². The van der Waals surface area contributed by atoms with E-state index in [-0.39, 0.29) is 29.7 Å². The lowest BCUT2D eigenvalue weighted by atomic mass is 9.90. The summed E-state index contributed by atoms with van der Waals surface area (Å²) in [7, 11) is 1.57. The average Bonchev–Trinajstić information content (AvgIpc) is 3.14. The van der Waals surface area contributed by atoms with Crippen LogP contribution in [0.25, 0.3) is 0 Å². The minimum atomic E-state index is -0.899. The SMILES string of the molecule is CCCNC(=O)C1COC2(CCN(C(=O)CC(C)(C)C)CC2)N1C(=O)c1ccc(OC)cc1. The molecule has 0 aromatic heterocycles. The highest BCUT2D eigenvalue weighted by Gasteiger charge is 2.54. The zero-order valence-electron chi connectivity index (χ0n) is 20.5. The second-order valence-corrected chi connectivity index (χ2v) is 10.1. The van der Waals surface area contributed by atoms with Crippen molar-refractivity contribution in [3.05, 3.63) is 29.8 Å². The van der Waals surface area contributed by atoms with E-state index in [1.54, 1.807) is 36.3 Å². The highest BCUT2D eigenvalue weighted by molar-refractivity contribution is 5.98. The van der Waals surface area contributed by atoms with Crippen LogP contribution >= 0.6 is 0 Å². The van der Waals surface area contributed by atoms with Gasteiger partial charge < -0.3 is 19.7 Å². The number of methoxy groups -OCH3 is 1. The molecule has 0 aliphatic carbocycles. The van der Waals surface area contributed by atoms with Gasteiger partial charge in [-0.1, -0.05) is 27.7 Å². The zero-order chi connectivity index (χ0) is 24.2. The van der Waals surface area contributed by atoms with Crippen molar-refractivity contribution in [2.24, 2.45) is 5.41 Å². The monoisotopic (exact) mass is 459 g/mol. The van der Waals surface area contributed by atoms with E-state index in [4.69, 9.17) is 9.47 Å². The molecule has 2 heterocycles. The number of rotatable bonds is 6. The first-order valence-corrected chi connectivity index (χ1v) is 11.8. The van der Waals surface area contributed by atoms with Crippen LogP contribution in [0.5, 0.6) is 5.75 Å². The molecule has 8 heteroatoms. The van der Waals surface area contributed by atoms with Gasteiger partial charge in [-0.2, -0.15) is 0 Å². The molecule has 0 radical (unpaired) electrons. The topological polar surface area (TPSA) is 88.2 Å². The van der Waals surface area contributed by atoms with Gasteiger partial charge in [-0.15, -0.1) is 0 Å². The molecule has 2 saturated heterocycles. The van der Waals surface area contributed by atoms with E-state index in [1.165, 1.54) is 0 Å². The first-order chi connectivity index (χ1) is 15.6. The lowest BCUT2D eigenvalue weighted by Crippen LogP contribution is -2.60. The number of piperidine rings is 1. The van der Waals surface area contributed by atoms with Gasteiger partial charge in [-0.25, -0.2) is 0 Å². The summed E-state index contributed by atoms with van der Waals surface area (Å²) in [6.07, 6.45) is 2.23. The predicted molar refractivity (Wildman–Crippen MR) is 125 cm³/mol. The molecule has 8 nitrogen and oxygen atoms in total. The summed E-state index contributed by atoms with van der Waals surface area (Å²) in [6, 6.07) is 6.17. The maximum absolute atomic E-state index is 13.7. The third-order valence-electron chi connectivity index (χ3n) is 6.25. The molecule has 0 bridgehead atoms. The van der Waals surface area contributed by atoms with Gasteiger partial charge in [0.15, 0.2) is 0 Å². The fraction of sp³-hybridized carbons (Fsp3) is 0.640. The number of hydrogen-bond acceptors (Lipinski definition) is 5. The van der Waals surface area contributed by atoms with Gasteiger partial charge in [-0.05, 0) is 36.1 Å². The molecule has 0 saturated carbocycles. The summed E-state index contributed by atoms with van der Waals surface area (Å²) >= 11 is 0. The maximum Gasteiger partial charge on any atom is 0.256 e. The van der Waals surface area contributed by atoms with Gasteiger partial charge in [0.1, 0.15) is 17.5 Å². The van der Waals surface area contributed by atoms with Crippen LogP contribution in [0.3, 0.4) is 0 Å². The van der Waals surface area contributed by atoms with Gasteiger partial charge in [0.25, 0.3) is 5.91 Å². The van der Waals surface area contributed by atoms with Crippen LogP contribution in [0, 0.1) is 5.41 Å². The Hall–Kier alpha value is -2.61. The molecule has 1 atom stereocenters. The summed E-state index contributed by atoms with van der Waals surface area (Å²) in [5.41, 5.74) is -0.515. The molecular weight excluding hydrogens is 422 g/mol. The number of carbonyl (C=O) groups excluding carboxylic acids is 3. The van der Waals surface area contributed by atoms with E-state index < -0.39 is 11.8 Å². The van der Waals surface area contributed by atoms with Crippen molar-refractivity contribution in [2.45, 2.75) is 65.1 Å². The molecule has 2 aliphatic heterocycles. The normalized spacial score (nSPS) is 20.1. The quantitative estimate of drug-likeness (QED) is 0.707. The lowest BCUT2D eigenvalue weighted by Gasteiger charge is -2.44. The van der Waals surface area contributed by atoms with E-state index in [2.05, 4.69) is 5.32 Å². The fourth-order valence-corrected chi connectivity index (χ4v) is 4.48. The molecule has 2 fully saturated rings. The molecule has 1 aromatic rings. The third kappa shape index (κ3) is 5.66. The summed E-state index contributed by atoms with van der Waals surface area (Å²) in [6.45, 7) is 9.80. The molecule has 1 unspecified atom stereocenters. The Morgan fingerprint density at radius 2 is 1.79 bits per heavy atom. The molecule has 33 heavy (non-hydrogen) atoms. The highest BCUT2D eigenvalue weighted by Crippen LogP contribution is 2.39. The first kappa shape index (κ1) is 25.0. The van der Waals surface area contributed by atoms with E-state index in [0.717, 1.165) is 6.42 Å². The second kappa shape index (κ2) is 10.1. The van der Waals surface area contributed by atoms with E-state index >= 15 is 0 Å². The molecule has 1 aromatic carbocycles. The number of ether oxygens (including phenoxy) is 2. The molecule has 1 N–H and O–H groups in total. The van der Waals surface area contributed by atoms with Gasteiger partial charge >= 0.3 is 0 Å². The highest BCUT2D eigenvalue weighted by atomic mass is 16.5. The average molecular weight is 460 g/mol. The number of carbonyl (C=O) groups is 3. The number of likely N-dealkylation sites (tertiary alicyclic amines) is 1. The Morgan fingerprint density at radius 1 is 1.15 bits per heavy atom. The van der Waals surface area contributed by atoms with Crippen LogP contribution in [0.2, 0.25) is 0 Å². The molecular formula is C25H37N3O5. The van der Waals surface area contributed by atoms with Crippen LogP contribution in [-0.4, -0.2) is 72.6 Å². The van der Waals surface area contributed by atoms with Crippen LogP contribution in [0.15, 0.2) is 24.3 Å². The Kier molecular flexibility index (Phi) is 7.67. The number of hydrogen-bond donors (Lipinski definition) is 1. The smallest absolute Gasteiger partial charge is 0.256 e. The third-order valence-corrected chi connectivity index (χ3v) is 6.25. The van der Waals surface area contributed by atoms with E-state index in [0.29, 0.717) is 50.2 Å². The largest absolute Gasteiger partial charge is 0.497 e. The molecule has 3 rings (SSSR count). The zero-order valence-corrected chi connectivity index (χ0v) is 20.5. The maximum atomic E-state index is 13.7. The summed E-state index contributed by atoms with van der Waals surface area (Å²) in [5, 5.41) is 2.91. The van der Waals surface area contributed by atoms with Crippen LogP contribution in [0.4, 0.5) is 0 Å². The van der Waals surface area contributed by atoms with Crippen molar-refractivity contribution in [1.29, 1.82) is 0 Å². The van der Waals surface area contributed by atoms with Crippen molar-refractivity contribution in [3.63, 3.8) is 0 Å². The molecule has 1 spiro atoms. The minimum Gasteiger partial charge on any atom is -0.497 e. The second-order valence-electron chi connectivity index (χ2n) is 10.1. The van der Waals surface area contributed by atoms with Crippen molar-refractivity contribution < 1.29 is 23.9 Å². The standard InChI is InChI=1S/C25H37N3O5/c1-6-13-26-22(30)20-17-33-25(11-14-27(15-12-25)21(29)16-24(2,3)4)28(20)23(31)18-7-9-19(32-5)10-8-18/h7-10,20H,6,11-17H2,1-5H3,(H,26,30). The Balaban J connectivity index is 1.83. The number of amides is 3. The van der Waals surface area contributed by atoms with Gasteiger partial charge in [0, 0.05) is 44.5 Å². The minimum absolute atomic E-state index is 0.0884. The van der Waals surface area contributed by atoms with Gasteiger partial charge in [0.2, 0.25) is 11.8 Å². The Labute approximate surface area is 196 Å². The molecule has 182 valence electrons. The van der Waals surface area contributed by atoms with Crippen molar-refractivity contribution in [3.8, 4) is 5.75 Å². The van der Waals surface area contributed by atoms with E-state index in [1.807, 2.05) is 32.6 Å². The Morgan fingerprint density at radius 3 is 2.33 bits per heavy atom. The van der Waals surface area contributed by atoms with Gasteiger partial charge in [0.05, 0.1) is 13.7 Å². The number of nitrogens with zero attached hydrogens (tertiary/aromatic N) is 2. The van der Waals surface area contributed by atoms with Crippen molar-refractivity contribution in [1.82, 2.24) is 15.1 Å². The predicted octanol–water partition coefficient (Wildman–Crippen LogP) is 2.82. The number of benzene rings is 1. The fourth-order valence-electron chi connectivity index (χ4n) is 4.48. The summed E-state index contributed by atoms with van der Waals surface area (Å²) in [4.78, 5) is 42.8. The molecule has 3 amide bonds. The summed E-state index contributed by atoms with van der Waals surface area (Å²) < 4.78 is 11.4. The first-order valence-electron chi connectivity index (χ1n) is 11.8. The summed E-state index contributed by atoms with van der Waals surface area (Å²) in [5.74, 6) is 0.311. The van der Waals surface area contributed by atoms with Crippen LogP contribution in [0.1, 0.15) is 63.7 Å². The molecule has 2 aliphatic rings. The van der Waals surface area contributed by atoms with Crippen molar-refractivity contribution >= 4 is 17.7 Å². The Bertz CT molecular complexity index is 854. The van der Waals surface area contributed by atoms with Crippen LogP contribution in [-0.2, 0) is 14.3 Å². The lowest BCUT2D eigenvalue weighted by molar-refractivity contribution is -0.145. The number of nitrogens with one attached hydrogen (secondary N) is 1. The van der Waals surface area contributed by atoms with Crippen LogP contribution < -0.4 is 10.1 Å². The van der Waals surface area contributed by atoms with Crippen molar-refractivity contribution in [2.75, 3.05) is 33.4 Å². The van der Waals surface area contributed by atoms with E-state index in [9.17, 15) is 14.4 Å².